The number of carbonyl (C=O) groups excluding carboxylic acids is 2. The van der Waals surface area contributed by atoms with Crippen molar-refractivity contribution >= 4 is 29.1 Å². The van der Waals surface area contributed by atoms with Crippen LogP contribution in [0.15, 0.2) is 60.8 Å². The Morgan fingerprint density at radius 3 is 2.50 bits per heavy atom. The monoisotopic (exact) mass is 465 g/mol. The summed E-state index contributed by atoms with van der Waals surface area (Å²) in [7, 11) is 0. The Morgan fingerprint density at radius 2 is 1.76 bits per heavy atom. The number of urea groups is 1. The summed E-state index contributed by atoms with van der Waals surface area (Å²) in [6, 6.07) is 13.7. The van der Waals surface area contributed by atoms with Crippen LogP contribution >= 0.6 is 0 Å². The number of pyridine rings is 1. The summed E-state index contributed by atoms with van der Waals surface area (Å²) in [5.74, 6) is -1.31. The second kappa shape index (κ2) is 10.3. The topological polar surface area (TPSA) is 77.6 Å². The maximum absolute atomic E-state index is 14.0. The second-order valence-corrected chi connectivity index (χ2v) is 8.06. The molecule has 2 aromatic carbocycles. The minimum Gasteiger partial charge on any atom is -0.355 e. The summed E-state index contributed by atoms with van der Waals surface area (Å²) >= 11 is 0. The number of hydrogen-bond donors (Lipinski definition) is 2. The maximum atomic E-state index is 14.0. The Kier molecular flexibility index (Phi) is 7.01. The highest BCUT2D eigenvalue weighted by Crippen LogP contribution is 2.19. The van der Waals surface area contributed by atoms with Gasteiger partial charge >= 0.3 is 6.03 Å². The molecule has 176 valence electrons. The van der Waals surface area contributed by atoms with E-state index in [-0.39, 0.29) is 11.6 Å². The third-order valence-corrected chi connectivity index (χ3v) is 5.67. The van der Waals surface area contributed by atoms with E-state index < -0.39 is 17.5 Å². The van der Waals surface area contributed by atoms with Gasteiger partial charge in [0.2, 0.25) is 0 Å². The van der Waals surface area contributed by atoms with Crippen molar-refractivity contribution in [3.05, 3.63) is 83.6 Å². The summed E-state index contributed by atoms with van der Waals surface area (Å²) in [4.78, 5) is 33.0. The van der Waals surface area contributed by atoms with Gasteiger partial charge < -0.3 is 20.4 Å². The second-order valence-electron chi connectivity index (χ2n) is 8.06. The molecule has 0 aliphatic carbocycles. The van der Waals surface area contributed by atoms with Crippen LogP contribution in [0, 0.1) is 18.6 Å². The van der Waals surface area contributed by atoms with Crippen molar-refractivity contribution in [3.63, 3.8) is 0 Å². The predicted octanol–water partition coefficient (Wildman–Crippen LogP) is 4.66. The molecule has 2 N–H and O–H groups in total. The molecule has 3 amide bonds. The molecule has 0 spiro atoms. The van der Waals surface area contributed by atoms with Crippen LogP contribution < -0.4 is 15.5 Å². The number of hydrogen-bond acceptors (Lipinski definition) is 4. The van der Waals surface area contributed by atoms with Crippen LogP contribution in [0.5, 0.6) is 0 Å². The molecule has 7 nitrogen and oxygen atoms in total. The van der Waals surface area contributed by atoms with Crippen molar-refractivity contribution in [1.82, 2.24) is 9.88 Å². The molecule has 0 saturated carbocycles. The van der Waals surface area contributed by atoms with Crippen LogP contribution in [0.25, 0.3) is 0 Å². The SMILES string of the molecule is Cc1ccccc1NC(=O)Nc1ccc(N2CCCN(C(=O)c3ccc(F)cc3F)CC2)nc1. The van der Waals surface area contributed by atoms with Crippen molar-refractivity contribution < 1.29 is 18.4 Å². The minimum atomic E-state index is -0.859. The number of anilines is 3. The van der Waals surface area contributed by atoms with Gasteiger partial charge in [0.1, 0.15) is 17.5 Å². The number of carbonyl (C=O) groups is 2. The van der Waals surface area contributed by atoms with E-state index >= 15 is 0 Å². The zero-order valence-corrected chi connectivity index (χ0v) is 18.7. The molecule has 1 aliphatic heterocycles. The van der Waals surface area contributed by atoms with E-state index in [2.05, 4.69) is 15.6 Å². The molecule has 3 aromatic rings. The standard InChI is InChI=1S/C25H25F2N5O2/c1-17-5-2-3-6-22(17)30-25(34)29-19-8-10-23(28-16-19)31-11-4-12-32(14-13-31)24(33)20-9-7-18(26)15-21(20)27/h2-3,5-10,15-16H,4,11-14H2,1H3,(H2,29,30,34). The van der Waals surface area contributed by atoms with Crippen molar-refractivity contribution in [2.24, 2.45) is 0 Å². The average Bonchev–Trinajstić information content (AvgIpc) is 3.07. The highest BCUT2D eigenvalue weighted by molar-refractivity contribution is 6.00. The highest BCUT2D eigenvalue weighted by atomic mass is 19.1. The van der Waals surface area contributed by atoms with Crippen LogP contribution in [-0.4, -0.2) is 48.0 Å². The van der Waals surface area contributed by atoms with Gasteiger partial charge in [-0.15, -0.1) is 0 Å². The van der Waals surface area contributed by atoms with Gasteiger partial charge in [-0.25, -0.2) is 18.6 Å². The summed E-state index contributed by atoms with van der Waals surface area (Å²) in [5.41, 5.74) is 2.11. The van der Waals surface area contributed by atoms with Crippen molar-refractivity contribution in [2.75, 3.05) is 41.7 Å². The third kappa shape index (κ3) is 5.48. The molecule has 1 aliphatic rings. The fourth-order valence-corrected chi connectivity index (χ4v) is 3.83. The van der Waals surface area contributed by atoms with Crippen LogP contribution in [0.2, 0.25) is 0 Å². The van der Waals surface area contributed by atoms with Gasteiger partial charge in [-0.3, -0.25) is 4.79 Å². The number of aromatic nitrogens is 1. The smallest absolute Gasteiger partial charge is 0.323 e. The van der Waals surface area contributed by atoms with Gasteiger partial charge in [-0.2, -0.15) is 0 Å². The zero-order valence-electron chi connectivity index (χ0n) is 18.7. The van der Waals surface area contributed by atoms with Crippen LogP contribution in [0.1, 0.15) is 22.3 Å². The number of benzene rings is 2. The van der Waals surface area contributed by atoms with Gasteiger partial charge in [0.25, 0.3) is 5.91 Å². The highest BCUT2D eigenvalue weighted by Gasteiger charge is 2.23. The lowest BCUT2D eigenvalue weighted by Crippen LogP contribution is -2.35. The average molecular weight is 466 g/mol. The fourth-order valence-electron chi connectivity index (χ4n) is 3.83. The molecular formula is C25H25F2N5O2. The molecule has 0 bridgehead atoms. The first-order chi connectivity index (χ1) is 16.4. The minimum absolute atomic E-state index is 0.132. The molecule has 1 saturated heterocycles. The lowest BCUT2D eigenvalue weighted by atomic mass is 10.1. The number of halogens is 2. The first-order valence-corrected chi connectivity index (χ1v) is 11.0. The molecule has 1 fully saturated rings. The van der Waals surface area contributed by atoms with E-state index in [9.17, 15) is 18.4 Å². The maximum Gasteiger partial charge on any atom is 0.323 e. The summed E-state index contributed by atoms with van der Waals surface area (Å²) < 4.78 is 27.2. The lowest BCUT2D eigenvalue weighted by molar-refractivity contribution is 0.0762. The summed E-state index contributed by atoms with van der Waals surface area (Å²) in [6.45, 7) is 3.95. The Labute approximate surface area is 196 Å². The molecule has 0 radical (unpaired) electrons. The predicted molar refractivity (Wildman–Crippen MR) is 127 cm³/mol. The Morgan fingerprint density at radius 1 is 0.941 bits per heavy atom. The van der Waals surface area contributed by atoms with E-state index in [4.69, 9.17) is 0 Å². The van der Waals surface area contributed by atoms with Gasteiger partial charge in [-0.05, 0) is 49.2 Å². The van der Waals surface area contributed by atoms with Gasteiger partial charge in [0, 0.05) is 37.9 Å². The number of nitrogens with one attached hydrogen (secondary N) is 2. The number of para-hydroxylation sites is 1. The third-order valence-electron chi connectivity index (χ3n) is 5.67. The molecular weight excluding hydrogens is 440 g/mol. The van der Waals surface area contributed by atoms with E-state index in [1.807, 2.05) is 36.1 Å². The number of aryl methyl sites for hydroxylation is 1. The zero-order chi connectivity index (χ0) is 24.1. The Hall–Kier alpha value is -4.01. The van der Waals surface area contributed by atoms with Crippen molar-refractivity contribution in [3.8, 4) is 0 Å². The molecule has 2 heterocycles. The van der Waals surface area contributed by atoms with E-state index in [0.29, 0.717) is 44.1 Å². The first-order valence-electron chi connectivity index (χ1n) is 11.0. The Bertz CT molecular complexity index is 1190. The number of amides is 3. The summed E-state index contributed by atoms with van der Waals surface area (Å²) in [6.07, 6.45) is 2.25. The molecule has 0 unspecified atom stereocenters. The van der Waals surface area contributed by atoms with Crippen LogP contribution in [0.4, 0.5) is 30.8 Å². The molecule has 1 aromatic heterocycles. The van der Waals surface area contributed by atoms with Crippen molar-refractivity contribution in [1.29, 1.82) is 0 Å². The van der Waals surface area contributed by atoms with Crippen LogP contribution in [0.3, 0.4) is 0 Å². The normalized spacial score (nSPS) is 13.9. The van der Waals surface area contributed by atoms with Crippen LogP contribution in [-0.2, 0) is 0 Å². The van der Waals surface area contributed by atoms with Crippen molar-refractivity contribution in [2.45, 2.75) is 13.3 Å². The molecule has 4 rings (SSSR count). The van der Waals surface area contributed by atoms with Gasteiger partial charge in [-0.1, -0.05) is 18.2 Å². The van der Waals surface area contributed by atoms with E-state index in [1.54, 1.807) is 23.2 Å². The van der Waals surface area contributed by atoms with Gasteiger partial charge in [0.15, 0.2) is 0 Å². The van der Waals surface area contributed by atoms with Gasteiger partial charge in [0.05, 0.1) is 17.4 Å². The fraction of sp³-hybridized carbons (Fsp3) is 0.240. The summed E-state index contributed by atoms with van der Waals surface area (Å²) in [5, 5.41) is 5.57. The first kappa shape index (κ1) is 23.2. The Balaban J connectivity index is 1.34. The largest absolute Gasteiger partial charge is 0.355 e. The lowest BCUT2D eigenvalue weighted by Gasteiger charge is -2.23. The molecule has 9 heteroatoms. The quantitative estimate of drug-likeness (QED) is 0.587. The molecule has 34 heavy (non-hydrogen) atoms. The van der Waals surface area contributed by atoms with E-state index in [1.165, 1.54) is 6.07 Å². The van der Waals surface area contributed by atoms with E-state index in [0.717, 1.165) is 23.4 Å². The number of rotatable bonds is 4. The number of nitrogens with zero attached hydrogens (tertiary/aromatic N) is 3. The molecule has 0 atom stereocenters.